The van der Waals surface area contributed by atoms with E-state index in [9.17, 15) is 4.79 Å². The molecule has 3 aromatic rings. The van der Waals surface area contributed by atoms with Gasteiger partial charge in [-0.3, -0.25) is 0 Å². The van der Waals surface area contributed by atoms with Crippen LogP contribution in [0.25, 0.3) is 22.1 Å². The molecule has 106 valence electrons. The third-order valence-electron chi connectivity index (χ3n) is 3.61. The van der Waals surface area contributed by atoms with E-state index in [-0.39, 0.29) is 11.5 Å². The zero-order chi connectivity index (χ0) is 15.9. The van der Waals surface area contributed by atoms with Crippen molar-refractivity contribution >= 4 is 11.0 Å². The maximum atomic E-state index is 11.9. The Morgan fingerprint density at radius 1 is 1.05 bits per heavy atom. The Bertz CT molecular complexity index is 887. The van der Waals surface area contributed by atoms with Crippen molar-refractivity contribution in [1.82, 2.24) is 0 Å². The molecule has 1 aromatic heterocycles. The van der Waals surface area contributed by atoms with Gasteiger partial charge in [-0.1, -0.05) is 57.2 Å². The molecule has 0 radical (unpaired) electrons. The molecule has 0 aliphatic rings. The molecule has 0 saturated heterocycles. The Labute approximate surface area is 125 Å². The first-order chi connectivity index (χ1) is 10.4. The second-order valence-corrected chi connectivity index (χ2v) is 6.23. The van der Waals surface area contributed by atoms with Gasteiger partial charge in [-0.15, -0.1) is 0 Å². The average Bonchev–Trinajstić information content (AvgIpc) is 2.47. The summed E-state index contributed by atoms with van der Waals surface area (Å²) < 4.78 is 13.5. The molecule has 0 aliphatic heterocycles. The zero-order valence-corrected chi connectivity index (χ0v) is 12.4. The molecule has 0 fully saturated rings. The third kappa shape index (κ3) is 2.62. The molecular weight excluding hydrogens is 260 g/mol. The van der Waals surface area contributed by atoms with Gasteiger partial charge in [0, 0.05) is 11.5 Å². The van der Waals surface area contributed by atoms with Crippen LogP contribution in [0.1, 0.15) is 27.7 Å². The second-order valence-electron chi connectivity index (χ2n) is 6.23. The van der Waals surface area contributed by atoms with Gasteiger partial charge in [-0.2, -0.15) is 0 Å². The Hall–Kier alpha value is -2.35. The lowest BCUT2D eigenvalue weighted by atomic mass is 9.85. The topological polar surface area (TPSA) is 30.2 Å². The lowest BCUT2D eigenvalue weighted by Gasteiger charge is -2.19. The Kier molecular flexibility index (Phi) is 2.88. The first-order valence-corrected chi connectivity index (χ1v) is 7.01. The minimum absolute atomic E-state index is 0.0753. The fourth-order valence-electron chi connectivity index (χ4n) is 2.38. The smallest absolute Gasteiger partial charge is 0.336 e. The van der Waals surface area contributed by atoms with Gasteiger partial charge in [-0.05, 0) is 34.2 Å². The minimum atomic E-state index is -0.427. The van der Waals surface area contributed by atoms with Gasteiger partial charge in [0.05, 0.1) is 1.37 Å². The van der Waals surface area contributed by atoms with Crippen molar-refractivity contribution in [3.05, 3.63) is 70.6 Å². The normalized spacial score (nSPS) is 12.4. The highest BCUT2D eigenvalue weighted by Gasteiger charge is 2.16. The summed E-state index contributed by atoms with van der Waals surface area (Å²) in [6.07, 6.45) is 0. The summed E-state index contributed by atoms with van der Waals surface area (Å²) in [5, 5.41) is 0.809. The van der Waals surface area contributed by atoms with Gasteiger partial charge in [0.2, 0.25) is 0 Å². The van der Waals surface area contributed by atoms with E-state index in [0.29, 0.717) is 5.58 Å². The molecule has 0 aliphatic carbocycles. The van der Waals surface area contributed by atoms with Crippen LogP contribution in [0.15, 0.2) is 63.8 Å². The van der Waals surface area contributed by atoms with Crippen molar-refractivity contribution in [3.63, 3.8) is 0 Å². The molecule has 0 N–H and O–H groups in total. The standard InChI is InChI=1S/C19H18O2/c1-19(2,3)14-9-10-17-16(11-14)15(12-18(20)21-17)13-7-5-4-6-8-13/h4-12H,1-3H3/i10D. The highest BCUT2D eigenvalue weighted by Crippen LogP contribution is 2.31. The first-order valence-electron chi connectivity index (χ1n) is 7.51. The maximum absolute atomic E-state index is 11.9. The number of fused-ring (bicyclic) bond motifs is 1. The van der Waals surface area contributed by atoms with Crippen LogP contribution in [0, 0.1) is 0 Å². The monoisotopic (exact) mass is 279 g/mol. The zero-order valence-electron chi connectivity index (χ0n) is 13.4. The molecule has 3 rings (SSSR count). The summed E-state index contributed by atoms with van der Waals surface area (Å²) in [7, 11) is 0. The first kappa shape index (κ1) is 12.4. The molecule has 2 nitrogen and oxygen atoms in total. The van der Waals surface area contributed by atoms with Gasteiger partial charge in [0.25, 0.3) is 0 Å². The predicted octanol–water partition coefficient (Wildman–Crippen LogP) is 4.76. The van der Waals surface area contributed by atoms with Gasteiger partial charge in [0.15, 0.2) is 0 Å². The van der Waals surface area contributed by atoms with Crippen LogP contribution in [-0.4, -0.2) is 0 Å². The summed E-state index contributed by atoms with van der Waals surface area (Å²) in [4.78, 5) is 11.9. The van der Waals surface area contributed by atoms with E-state index in [4.69, 9.17) is 5.79 Å². The molecule has 0 spiro atoms. The summed E-state index contributed by atoms with van der Waals surface area (Å²) in [5.41, 5.74) is 2.66. The van der Waals surface area contributed by atoms with Gasteiger partial charge in [-0.25, -0.2) is 4.79 Å². The highest BCUT2D eigenvalue weighted by atomic mass is 16.4. The van der Waals surface area contributed by atoms with Crippen LogP contribution in [0.5, 0.6) is 0 Å². The van der Waals surface area contributed by atoms with E-state index >= 15 is 0 Å². The summed E-state index contributed by atoms with van der Waals surface area (Å²) in [6.45, 7) is 6.32. The molecule has 2 aromatic carbocycles. The van der Waals surface area contributed by atoms with Crippen LogP contribution in [0.2, 0.25) is 0 Å². The van der Waals surface area contributed by atoms with E-state index in [0.717, 1.165) is 22.1 Å². The van der Waals surface area contributed by atoms with Crippen molar-refractivity contribution in [3.8, 4) is 11.1 Å². The van der Waals surface area contributed by atoms with Crippen LogP contribution < -0.4 is 5.63 Å². The van der Waals surface area contributed by atoms with Crippen LogP contribution in [0.3, 0.4) is 0 Å². The molecule has 0 bridgehead atoms. The molecule has 0 atom stereocenters. The van der Waals surface area contributed by atoms with Crippen molar-refractivity contribution in [1.29, 1.82) is 0 Å². The quantitative estimate of drug-likeness (QED) is 0.601. The molecule has 0 amide bonds. The SMILES string of the molecule is [2H]c1cc(C(C)(C)C)cc2c(-c3ccccc3)cc(=O)oc12. The number of benzene rings is 2. The molecular formula is C19H18O2. The predicted molar refractivity (Wildman–Crippen MR) is 86.6 cm³/mol. The summed E-state index contributed by atoms with van der Waals surface area (Å²) >= 11 is 0. The molecule has 0 saturated carbocycles. The van der Waals surface area contributed by atoms with Crippen LogP contribution in [-0.2, 0) is 5.41 Å². The van der Waals surface area contributed by atoms with Gasteiger partial charge < -0.3 is 4.42 Å². The van der Waals surface area contributed by atoms with Gasteiger partial charge >= 0.3 is 5.63 Å². The van der Waals surface area contributed by atoms with Crippen molar-refractivity contribution in [2.45, 2.75) is 26.2 Å². The largest absolute Gasteiger partial charge is 0.423 e. The number of hydrogen-bond acceptors (Lipinski definition) is 2. The minimum Gasteiger partial charge on any atom is -0.423 e. The Balaban J connectivity index is 2.41. The average molecular weight is 279 g/mol. The fourth-order valence-corrected chi connectivity index (χ4v) is 2.38. The van der Waals surface area contributed by atoms with Gasteiger partial charge in [0.1, 0.15) is 5.58 Å². The van der Waals surface area contributed by atoms with E-state index in [2.05, 4.69) is 20.8 Å². The van der Waals surface area contributed by atoms with Crippen molar-refractivity contribution in [2.24, 2.45) is 0 Å². The van der Waals surface area contributed by atoms with E-state index in [1.807, 2.05) is 36.4 Å². The third-order valence-corrected chi connectivity index (χ3v) is 3.61. The second kappa shape index (κ2) is 4.88. The van der Waals surface area contributed by atoms with Crippen LogP contribution in [0.4, 0.5) is 0 Å². The molecule has 1 heterocycles. The Morgan fingerprint density at radius 2 is 1.76 bits per heavy atom. The lowest BCUT2D eigenvalue weighted by molar-refractivity contribution is 0.559. The Morgan fingerprint density at radius 3 is 2.43 bits per heavy atom. The molecule has 2 heteroatoms. The lowest BCUT2D eigenvalue weighted by Crippen LogP contribution is -2.11. The summed E-state index contributed by atoms with van der Waals surface area (Å²) in [6, 6.07) is 15.3. The van der Waals surface area contributed by atoms with Crippen molar-refractivity contribution < 1.29 is 5.79 Å². The molecule has 21 heavy (non-hydrogen) atoms. The van der Waals surface area contributed by atoms with E-state index < -0.39 is 5.63 Å². The van der Waals surface area contributed by atoms with E-state index in [1.165, 1.54) is 6.07 Å². The molecule has 0 unspecified atom stereocenters. The van der Waals surface area contributed by atoms with Crippen LogP contribution >= 0.6 is 0 Å². The number of hydrogen-bond donors (Lipinski definition) is 0. The van der Waals surface area contributed by atoms with Crippen molar-refractivity contribution in [2.75, 3.05) is 0 Å². The number of rotatable bonds is 1. The highest BCUT2D eigenvalue weighted by molar-refractivity contribution is 5.93. The van der Waals surface area contributed by atoms with E-state index in [1.54, 1.807) is 6.07 Å². The maximum Gasteiger partial charge on any atom is 0.336 e. The summed E-state index contributed by atoms with van der Waals surface area (Å²) in [5.74, 6) is 0. The fraction of sp³-hybridized carbons (Fsp3) is 0.211.